The van der Waals surface area contributed by atoms with E-state index in [1.54, 1.807) is 91.0 Å². The second-order valence-electron chi connectivity index (χ2n) is 27.1. The van der Waals surface area contributed by atoms with Crippen LogP contribution in [0, 0.1) is 5.92 Å². The number of hydrogen-bond acceptors (Lipinski definition) is 12. The first-order chi connectivity index (χ1) is 46.8. The number of methoxy groups -OCH3 is 1. The summed E-state index contributed by atoms with van der Waals surface area (Å²) in [6.07, 6.45) is 29.9. The van der Waals surface area contributed by atoms with Gasteiger partial charge in [-0.25, -0.2) is 14.4 Å². The Hall–Kier alpha value is -6.71. The monoisotopic (exact) mass is 1330 g/mol. The fourth-order valence-corrected chi connectivity index (χ4v) is 17.7. The van der Waals surface area contributed by atoms with E-state index in [2.05, 4.69) is 76.4 Å². The van der Waals surface area contributed by atoms with Gasteiger partial charge in [-0.2, -0.15) is 0 Å². The summed E-state index contributed by atoms with van der Waals surface area (Å²) in [6, 6.07) is 45.1. The molecule has 1 aliphatic heterocycles. The number of ether oxygens (including phenoxy) is 6. The van der Waals surface area contributed by atoms with Gasteiger partial charge in [0.15, 0.2) is 12.4 Å². The van der Waals surface area contributed by atoms with Crippen LogP contribution < -0.4 is 15.7 Å². The summed E-state index contributed by atoms with van der Waals surface area (Å²) in [5.74, 6) is -4.27. The van der Waals surface area contributed by atoms with Crippen LogP contribution in [-0.4, -0.2) is 95.2 Å². The Morgan fingerprint density at radius 2 is 0.906 bits per heavy atom. The molecule has 0 saturated carbocycles. The normalized spacial score (nSPS) is 17.1. The molecule has 0 spiro atoms. The van der Waals surface area contributed by atoms with Gasteiger partial charge in [-0.05, 0) is 71.1 Å². The lowest BCUT2D eigenvalue weighted by Gasteiger charge is -2.47. The van der Waals surface area contributed by atoms with E-state index in [9.17, 15) is 24.0 Å². The average molecular weight is 1330 g/mol. The summed E-state index contributed by atoms with van der Waals surface area (Å²) < 4.78 is 46.2. The van der Waals surface area contributed by atoms with Crippen molar-refractivity contribution in [2.75, 3.05) is 20.3 Å². The van der Waals surface area contributed by atoms with Crippen molar-refractivity contribution in [1.29, 1.82) is 0 Å². The lowest BCUT2D eigenvalue weighted by molar-refractivity contribution is -0.290. The molecule has 13 nitrogen and oxygen atoms in total. The van der Waals surface area contributed by atoms with E-state index >= 15 is 0 Å². The van der Waals surface area contributed by atoms with Crippen LogP contribution in [0.25, 0.3) is 0 Å². The number of hydrogen-bond donors (Lipinski definition) is 1. The summed E-state index contributed by atoms with van der Waals surface area (Å²) in [7, 11) is -2.15. The maximum Gasteiger partial charge on any atom is 0.338 e. The van der Waals surface area contributed by atoms with Gasteiger partial charge in [0.2, 0.25) is 5.91 Å². The van der Waals surface area contributed by atoms with Gasteiger partial charge in [-0.3, -0.25) is 9.59 Å². The Morgan fingerprint density at radius 1 is 0.510 bits per heavy atom. The molecule has 6 rings (SSSR count). The highest BCUT2D eigenvalue weighted by atomic mass is 28.4. The number of nitrogens with one attached hydrogen (secondary N) is 1. The number of benzene rings is 5. The molecule has 0 aromatic heterocycles. The molecule has 5 aromatic carbocycles. The molecule has 524 valence electrons. The number of amides is 1. The van der Waals surface area contributed by atoms with Gasteiger partial charge in [0, 0.05) is 6.42 Å². The lowest BCUT2D eigenvalue weighted by Crippen LogP contribution is -2.69. The number of esters is 4. The van der Waals surface area contributed by atoms with Gasteiger partial charge in [-0.15, -0.1) is 0 Å². The Labute approximate surface area is 577 Å². The lowest BCUT2D eigenvalue weighted by atomic mass is 9.85. The number of unbranched alkanes of at least 4 members (excludes halogenated alkanes) is 25. The van der Waals surface area contributed by atoms with E-state index in [4.69, 9.17) is 32.8 Å². The van der Waals surface area contributed by atoms with Crippen LogP contribution in [0.4, 0.5) is 0 Å². The van der Waals surface area contributed by atoms with Crippen molar-refractivity contribution < 1.29 is 56.8 Å². The maximum absolute atomic E-state index is 14.9. The molecule has 1 fully saturated rings. The van der Waals surface area contributed by atoms with E-state index in [0.29, 0.717) is 6.42 Å². The van der Waals surface area contributed by atoms with Crippen LogP contribution in [0.1, 0.15) is 252 Å². The molecule has 1 N–H and O–H groups in total. The van der Waals surface area contributed by atoms with Crippen molar-refractivity contribution in [2.45, 2.75) is 263 Å². The average Bonchev–Trinajstić information content (AvgIpc) is 0.746. The molecule has 1 amide bonds. The zero-order valence-corrected chi connectivity index (χ0v) is 59.9. The second kappa shape index (κ2) is 45.0. The van der Waals surface area contributed by atoms with Gasteiger partial charge < -0.3 is 38.2 Å². The van der Waals surface area contributed by atoms with E-state index in [1.807, 2.05) is 36.4 Å². The minimum atomic E-state index is -3.39. The molecule has 0 radical (unpaired) electrons. The van der Waals surface area contributed by atoms with Crippen LogP contribution in [0.3, 0.4) is 0 Å². The minimum absolute atomic E-state index is 0.174. The molecule has 1 saturated heterocycles. The summed E-state index contributed by atoms with van der Waals surface area (Å²) in [4.78, 5) is 71.4. The van der Waals surface area contributed by atoms with E-state index < -0.39 is 92.9 Å². The number of allylic oxidation sites excluding steroid dienone is 1. The van der Waals surface area contributed by atoms with Crippen LogP contribution in [0.15, 0.2) is 164 Å². The smallest absolute Gasteiger partial charge is 0.338 e. The van der Waals surface area contributed by atoms with E-state index in [0.717, 1.165) is 55.3 Å². The minimum Gasteiger partial charge on any atom is -0.469 e. The summed E-state index contributed by atoms with van der Waals surface area (Å²) in [5.41, 5.74) is 0.679. The third-order valence-corrected chi connectivity index (χ3v) is 23.6. The maximum atomic E-state index is 14.9. The van der Waals surface area contributed by atoms with Crippen molar-refractivity contribution in [1.82, 2.24) is 5.32 Å². The molecule has 1 heterocycles. The standard InChI is InChI=1S/C82H115NO12Si/c1-7-9-11-13-15-17-19-21-22-24-26-28-30-32-49-61-74(84)83-71(72(60-48-31-29-27-25-23-20-18-16-14-12-10-8-2)95-96(82(3,4)5,68-56-44-36-45-57-68)69-58-46-37-47-59-69)63-91-81-77(94-80(88)67-54-42-35-43-55-67)70(62-75(85)89-6)76(93-79(87)66-52-40-34-41-53-66)73(92-81)64-90-78(86)65-50-38-33-39-51-65/h33-48,50-60,70-73,76-77,81H,7-32,49,61-64H2,1-6H3,(H,83,84)/b60-48+/t70?,71-,72+,73?,76-,77-,81-/m1/s1. The SMILES string of the molecule is CCCCCCCCCCCCC/C=C/[C@H](O[Si](c1ccccc1)(c1ccccc1)C(C)(C)C)[C@@H](CO[C@@H]1OC(COC(=O)c2ccccc2)[C@H](OC(=O)c2ccccc2)C(CC(=O)OC)[C@H]1OC(=O)c1ccccc1)NC(=O)CCCCCCCCCCCCCCCCC. The van der Waals surface area contributed by atoms with Crippen LogP contribution in [-0.2, 0) is 42.4 Å². The first-order valence-electron chi connectivity index (χ1n) is 36.6. The van der Waals surface area contributed by atoms with Crippen LogP contribution in [0.5, 0.6) is 0 Å². The van der Waals surface area contributed by atoms with Gasteiger partial charge in [-0.1, -0.05) is 316 Å². The Kier molecular flexibility index (Phi) is 36.7. The first-order valence-corrected chi connectivity index (χ1v) is 38.5. The van der Waals surface area contributed by atoms with Crippen molar-refractivity contribution in [3.05, 3.63) is 181 Å². The van der Waals surface area contributed by atoms with Gasteiger partial charge >= 0.3 is 23.9 Å². The predicted octanol–water partition coefficient (Wildman–Crippen LogP) is 18.2. The van der Waals surface area contributed by atoms with Crippen molar-refractivity contribution >= 4 is 48.5 Å². The molecule has 1 aliphatic rings. The highest BCUT2D eigenvalue weighted by molar-refractivity contribution is 6.99. The molecular formula is C82H115NO12Si. The Morgan fingerprint density at radius 3 is 1.33 bits per heavy atom. The predicted molar refractivity (Wildman–Crippen MR) is 387 cm³/mol. The second-order valence-corrected chi connectivity index (χ2v) is 31.4. The third-order valence-electron chi connectivity index (χ3n) is 18.5. The molecule has 0 bridgehead atoms. The first kappa shape index (κ1) is 78.3. The fourth-order valence-electron chi connectivity index (χ4n) is 13.1. The number of carbonyl (C=O) groups is 5. The zero-order chi connectivity index (χ0) is 68.5. The quantitative estimate of drug-likeness (QED) is 0.0129. The van der Waals surface area contributed by atoms with Crippen molar-refractivity contribution in [2.24, 2.45) is 5.92 Å². The Bertz CT molecular complexity index is 2920. The highest BCUT2D eigenvalue weighted by Crippen LogP contribution is 2.40. The van der Waals surface area contributed by atoms with Crippen molar-refractivity contribution in [3.63, 3.8) is 0 Å². The van der Waals surface area contributed by atoms with E-state index in [1.165, 1.54) is 129 Å². The zero-order valence-electron chi connectivity index (χ0n) is 58.9. The molecule has 7 atom stereocenters. The Balaban J connectivity index is 1.38. The van der Waals surface area contributed by atoms with Gasteiger partial charge in [0.1, 0.15) is 18.8 Å². The van der Waals surface area contributed by atoms with Crippen LogP contribution >= 0.6 is 0 Å². The van der Waals surface area contributed by atoms with Gasteiger partial charge in [0.05, 0.1) is 54.9 Å². The van der Waals surface area contributed by atoms with Crippen LogP contribution in [0.2, 0.25) is 5.04 Å². The molecule has 96 heavy (non-hydrogen) atoms. The summed E-state index contributed by atoms with van der Waals surface area (Å²) in [6.45, 7) is 10.5. The largest absolute Gasteiger partial charge is 0.469 e. The van der Waals surface area contributed by atoms with Crippen molar-refractivity contribution in [3.8, 4) is 0 Å². The molecule has 5 aromatic rings. The number of carbonyl (C=O) groups excluding carboxylic acids is 5. The summed E-state index contributed by atoms with van der Waals surface area (Å²) in [5, 5.41) is 5.07. The van der Waals surface area contributed by atoms with E-state index in [-0.39, 0.29) is 35.6 Å². The highest BCUT2D eigenvalue weighted by Gasteiger charge is 2.54. The molecule has 0 aliphatic carbocycles. The molecular weight excluding hydrogens is 1220 g/mol. The van der Waals surface area contributed by atoms with Gasteiger partial charge in [0.25, 0.3) is 8.32 Å². The molecule has 14 heteroatoms. The summed E-state index contributed by atoms with van der Waals surface area (Å²) >= 11 is 0. The number of rotatable bonds is 47. The fraction of sp³-hybridized carbons (Fsp3) is 0.549. The third kappa shape index (κ3) is 27.0. The topological polar surface area (TPSA) is 162 Å². The molecule has 2 unspecified atom stereocenters.